The Hall–Kier alpha value is -0.850. The molecule has 94 valence electrons. The number of alkyl halides is 4. The van der Waals surface area contributed by atoms with Crippen LogP contribution in [0.1, 0.15) is 12.8 Å². The Labute approximate surface area is 89.7 Å². The van der Waals surface area contributed by atoms with Gasteiger partial charge in [-0.25, -0.2) is 4.39 Å². The second kappa shape index (κ2) is 4.57. The van der Waals surface area contributed by atoms with Crippen molar-refractivity contribution in [3.8, 4) is 0 Å². The summed E-state index contributed by atoms with van der Waals surface area (Å²) in [5, 5.41) is 0. The topological polar surface area (TPSA) is 35.5 Å². The van der Waals surface area contributed by atoms with E-state index in [9.17, 15) is 22.4 Å². The highest BCUT2D eigenvalue weighted by atomic mass is 19.4. The molecule has 1 aliphatic heterocycles. The van der Waals surface area contributed by atoms with E-state index < -0.39 is 36.8 Å². The van der Waals surface area contributed by atoms with Crippen LogP contribution in [-0.4, -0.2) is 38.6 Å². The molecule has 1 rings (SSSR count). The van der Waals surface area contributed by atoms with Crippen LogP contribution in [-0.2, 0) is 14.3 Å². The molecule has 0 aliphatic carbocycles. The monoisotopic (exact) mass is 244 g/mol. The largest absolute Gasteiger partial charge is 0.468 e. The van der Waals surface area contributed by atoms with Crippen LogP contribution < -0.4 is 0 Å². The van der Waals surface area contributed by atoms with Gasteiger partial charge in [0, 0.05) is 13.0 Å². The van der Waals surface area contributed by atoms with Crippen LogP contribution >= 0.6 is 0 Å². The Balaban J connectivity index is 2.95. The Morgan fingerprint density at radius 1 is 1.56 bits per heavy atom. The maximum atomic E-state index is 13.6. The van der Waals surface area contributed by atoms with Gasteiger partial charge in [0.1, 0.15) is 11.6 Å². The molecule has 0 saturated carbocycles. The van der Waals surface area contributed by atoms with Gasteiger partial charge in [0.05, 0.1) is 20.1 Å². The van der Waals surface area contributed by atoms with Crippen LogP contribution in [0.3, 0.4) is 0 Å². The molecular weight excluding hydrogens is 232 g/mol. The summed E-state index contributed by atoms with van der Waals surface area (Å²) in [5.41, 5.74) is -2.24. The van der Waals surface area contributed by atoms with Crippen molar-refractivity contribution in [3.63, 3.8) is 0 Å². The summed E-state index contributed by atoms with van der Waals surface area (Å²) in [4.78, 5) is 11.3. The molecule has 0 bridgehead atoms. The van der Waals surface area contributed by atoms with E-state index in [0.717, 1.165) is 7.11 Å². The van der Waals surface area contributed by atoms with Crippen molar-refractivity contribution in [2.75, 3.05) is 20.3 Å². The summed E-state index contributed by atoms with van der Waals surface area (Å²) >= 11 is 0. The van der Waals surface area contributed by atoms with Gasteiger partial charge in [0.2, 0.25) is 0 Å². The lowest BCUT2D eigenvalue weighted by Gasteiger charge is -2.37. The predicted octanol–water partition coefficient (Wildman–Crippen LogP) is 1.86. The van der Waals surface area contributed by atoms with Crippen molar-refractivity contribution in [3.05, 3.63) is 0 Å². The summed E-state index contributed by atoms with van der Waals surface area (Å²) in [7, 11) is 0.932. The van der Waals surface area contributed by atoms with Gasteiger partial charge >= 0.3 is 12.1 Å². The minimum absolute atomic E-state index is 0.0117. The van der Waals surface area contributed by atoms with Gasteiger partial charge in [0.25, 0.3) is 0 Å². The fourth-order valence-electron chi connectivity index (χ4n) is 1.79. The zero-order valence-electron chi connectivity index (χ0n) is 8.64. The van der Waals surface area contributed by atoms with Crippen molar-refractivity contribution in [2.45, 2.75) is 25.2 Å². The van der Waals surface area contributed by atoms with Crippen LogP contribution in [0, 0.1) is 5.41 Å². The number of hydrogen-bond donors (Lipinski definition) is 0. The fourth-order valence-corrected chi connectivity index (χ4v) is 1.79. The molecule has 3 nitrogen and oxygen atoms in total. The molecule has 1 saturated heterocycles. The van der Waals surface area contributed by atoms with Crippen molar-refractivity contribution < 1.29 is 31.8 Å². The van der Waals surface area contributed by atoms with E-state index in [4.69, 9.17) is 4.74 Å². The number of ether oxygens (including phenoxy) is 2. The molecule has 0 spiro atoms. The minimum atomic E-state index is -4.64. The van der Waals surface area contributed by atoms with Gasteiger partial charge in [0.15, 0.2) is 0 Å². The average molecular weight is 244 g/mol. The molecule has 0 aromatic carbocycles. The number of rotatable bonds is 2. The lowest BCUT2D eigenvalue weighted by atomic mass is 9.77. The molecule has 0 N–H and O–H groups in total. The van der Waals surface area contributed by atoms with Crippen LogP contribution in [0.4, 0.5) is 17.6 Å². The zero-order chi connectivity index (χ0) is 12.4. The molecule has 2 atom stereocenters. The minimum Gasteiger partial charge on any atom is -0.468 e. The van der Waals surface area contributed by atoms with E-state index in [1.807, 2.05) is 0 Å². The lowest BCUT2D eigenvalue weighted by Crippen LogP contribution is -2.51. The number of esters is 1. The number of hydrogen-bond acceptors (Lipinski definition) is 3. The highest BCUT2D eigenvalue weighted by molar-refractivity contribution is 5.78. The standard InChI is InChI=1S/C9H12F4O3/c1-15-7(14)8(4-9(11,12)13)5-16-3-2-6(8)10/h6H,2-5H2,1H3. The molecule has 1 aliphatic rings. The molecular formula is C9H12F4O3. The fraction of sp³-hybridized carbons (Fsp3) is 0.889. The normalized spacial score (nSPS) is 31.2. The first-order valence-electron chi connectivity index (χ1n) is 4.69. The first kappa shape index (κ1) is 13.2. The molecule has 0 aromatic rings. The smallest absolute Gasteiger partial charge is 0.390 e. The molecule has 0 amide bonds. The zero-order valence-corrected chi connectivity index (χ0v) is 8.64. The highest BCUT2D eigenvalue weighted by Crippen LogP contribution is 2.42. The summed E-state index contributed by atoms with van der Waals surface area (Å²) < 4.78 is 59.6. The van der Waals surface area contributed by atoms with Gasteiger partial charge < -0.3 is 9.47 Å². The van der Waals surface area contributed by atoms with E-state index in [1.165, 1.54) is 0 Å². The van der Waals surface area contributed by atoms with E-state index in [2.05, 4.69) is 4.74 Å². The Bertz CT molecular complexity index is 266. The third kappa shape index (κ3) is 2.63. The van der Waals surface area contributed by atoms with E-state index in [1.54, 1.807) is 0 Å². The molecule has 0 aromatic heterocycles. The molecule has 16 heavy (non-hydrogen) atoms. The van der Waals surface area contributed by atoms with E-state index in [0.29, 0.717) is 0 Å². The Morgan fingerprint density at radius 2 is 2.19 bits per heavy atom. The van der Waals surface area contributed by atoms with Crippen molar-refractivity contribution in [1.82, 2.24) is 0 Å². The maximum absolute atomic E-state index is 13.6. The SMILES string of the molecule is COC(=O)C1(CC(F)(F)F)COCCC1F. The van der Waals surface area contributed by atoms with Crippen LogP contribution in [0.15, 0.2) is 0 Å². The maximum Gasteiger partial charge on any atom is 0.390 e. The van der Waals surface area contributed by atoms with Gasteiger partial charge in [-0.2, -0.15) is 13.2 Å². The average Bonchev–Trinajstić information content (AvgIpc) is 2.18. The van der Waals surface area contributed by atoms with Crippen LogP contribution in [0.5, 0.6) is 0 Å². The second-order valence-electron chi connectivity index (χ2n) is 3.75. The molecule has 1 heterocycles. The van der Waals surface area contributed by atoms with Crippen molar-refractivity contribution in [1.29, 1.82) is 0 Å². The van der Waals surface area contributed by atoms with Crippen LogP contribution in [0.2, 0.25) is 0 Å². The van der Waals surface area contributed by atoms with Crippen LogP contribution in [0.25, 0.3) is 0 Å². The molecule has 0 radical (unpaired) electrons. The van der Waals surface area contributed by atoms with Gasteiger partial charge in [-0.1, -0.05) is 0 Å². The summed E-state index contributed by atoms with van der Waals surface area (Å²) in [6.07, 6.45) is -8.33. The highest BCUT2D eigenvalue weighted by Gasteiger charge is 2.55. The summed E-state index contributed by atoms with van der Waals surface area (Å²) in [6, 6.07) is 0. The number of carbonyl (C=O) groups excluding carboxylic acids is 1. The van der Waals surface area contributed by atoms with E-state index >= 15 is 0 Å². The second-order valence-corrected chi connectivity index (χ2v) is 3.75. The van der Waals surface area contributed by atoms with E-state index in [-0.39, 0.29) is 13.0 Å². The quantitative estimate of drug-likeness (QED) is 0.549. The van der Waals surface area contributed by atoms with Gasteiger partial charge in [-0.3, -0.25) is 4.79 Å². The van der Waals surface area contributed by atoms with Crippen molar-refractivity contribution >= 4 is 5.97 Å². The number of carbonyl (C=O) groups is 1. The molecule has 1 fully saturated rings. The number of methoxy groups -OCH3 is 1. The van der Waals surface area contributed by atoms with Crippen molar-refractivity contribution in [2.24, 2.45) is 5.41 Å². The van der Waals surface area contributed by atoms with Gasteiger partial charge in [-0.15, -0.1) is 0 Å². The summed E-state index contributed by atoms with van der Waals surface area (Å²) in [6.45, 7) is -0.585. The predicted molar refractivity (Wildman–Crippen MR) is 45.5 cm³/mol. The first-order chi connectivity index (χ1) is 7.32. The van der Waals surface area contributed by atoms with Gasteiger partial charge in [-0.05, 0) is 0 Å². The lowest BCUT2D eigenvalue weighted by molar-refractivity contribution is -0.206. The molecule has 7 heteroatoms. The number of halogens is 4. The third-order valence-corrected chi connectivity index (χ3v) is 2.58. The summed E-state index contributed by atoms with van der Waals surface area (Å²) in [5.74, 6) is -1.21. The Kier molecular flexibility index (Phi) is 3.77. The Morgan fingerprint density at radius 3 is 2.62 bits per heavy atom. The molecule has 2 unspecified atom stereocenters. The first-order valence-corrected chi connectivity index (χ1v) is 4.69. The third-order valence-electron chi connectivity index (χ3n) is 2.58.